The van der Waals surface area contributed by atoms with Gasteiger partial charge in [-0.15, -0.1) is 0 Å². The van der Waals surface area contributed by atoms with Gasteiger partial charge in [-0.2, -0.15) is 0 Å². The zero-order chi connectivity index (χ0) is 11.8. The van der Waals surface area contributed by atoms with Gasteiger partial charge in [-0.25, -0.2) is 4.39 Å². The van der Waals surface area contributed by atoms with Crippen LogP contribution in [0.25, 0.3) is 12.2 Å². The van der Waals surface area contributed by atoms with Crippen LogP contribution in [0.5, 0.6) is 0 Å². The van der Waals surface area contributed by atoms with Crippen LogP contribution in [-0.2, 0) is 6.67 Å². The highest BCUT2D eigenvalue weighted by atomic mass is 19.1. The molecule has 16 heavy (non-hydrogen) atoms. The number of hydrogen-bond acceptors (Lipinski definition) is 1. The molecule has 0 unspecified atom stereocenters. The molecule has 0 amide bonds. The Labute approximate surface area is 94.2 Å². The molecule has 0 aliphatic heterocycles. The first-order valence-corrected chi connectivity index (χ1v) is 5.31. The van der Waals surface area contributed by atoms with Gasteiger partial charge in [0, 0.05) is 5.41 Å². The van der Waals surface area contributed by atoms with Crippen molar-refractivity contribution in [1.29, 1.82) is 0 Å². The van der Waals surface area contributed by atoms with E-state index < -0.39 is 6.67 Å². The Hall–Kier alpha value is -1.57. The summed E-state index contributed by atoms with van der Waals surface area (Å²) in [7, 11) is 0. The van der Waals surface area contributed by atoms with Crippen molar-refractivity contribution in [1.82, 2.24) is 0 Å². The van der Waals surface area contributed by atoms with Gasteiger partial charge in [0.1, 0.15) is 12.4 Å². The van der Waals surface area contributed by atoms with E-state index in [-0.39, 0.29) is 11.2 Å². The van der Waals surface area contributed by atoms with E-state index in [1.165, 1.54) is 0 Å². The molecule has 0 fully saturated rings. The van der Waals surface area contributed by atoms with Gasteiger partial charge < -0.3 is 5.11 Å². The number of fused-ring (bicyclic) bond motifs is 1. The molecule has 1 aromatic carbocycles. The fraction of sp³-hybridized carbons (Fsp3) is 0.286. The van der Waals surface area contributed by atoms with E-state index in [1.54, 1.807) is 18.2 Å². The highest BCUT2D eigenvalue weighted by molar-refractivity contribution is 5.51. The van der Waals surface area contributed by atoms with Crippen LogP contribution in [0.2, 0.25) is 0 Å². The van der Waals surface area contributed by atoms with Crippen molar-refractivity contribution in [2.75, 3.05) is 0 Å². The molecule has 0 aromatic heterocycles. The Morgan fingerprint density at radius 1 is 1.19 bits per heavy atom. The molecule has 1 N–H and O–H groups in total. The Kier molecular flexibility index (Phi) is 2.58. The second-order valence-corrected chi connectivity index (χ2v) is 4.78. The van der Waals surface area contributed by atoms with E-state index in [9.17, 15) is 9.50 Å². The zero-order valence-corrected chi connectivity index (χ0v) is 9.50. The van der Waals surface area contributed by atoms with E-state index >= 15 is 0 Å². The zero-order valence-electron chi connectivity index (χ0n) is 9.50. The molecule has 0 atom stereocenters. The summed E-state index contributed by atoms with van der Waals surface area (Å²) < 4.78 is 12.6. The van der Waals surface area contributed by atoms with Gasteiger partial charge in [0.05, 0.1) is 0 Å². The minimum atomic E-state index is -0.457. The topological polar surface area (TPSA) is 20.2 Å². The molecule has 1 nitrogen and oxygen atoms in total. The summed E-state index contributed by atoms with van der Waals surface area (Å²) in [5.41, 5.74) is 0.446. The standard InChI is InChI=1S/C14H15FO/c1-14(2)7-12-5-10(9-15)3-4-11(12)6-13(16)8-14/h3-8,16H,9H2,1-2H3. The Balaban J connectivity index is 2.74. The molecule has 2 rings (SSSR count). The Morgan fingerprint density at radius 3 is 2.62 bits per heavy atom. The van der Waals surface area contributed by atoms with E-state index in [0.717, 1.165) is 10.4 Å². The van der Waals surface area contributed by atoms with Gasteiger partial charge in [0.15, 0.2) is 0 Å². The summed E-state index contributed by atoms with van der Waals surface area (Å²) in [6, 6.07) is 5.42. The van der Waals surface area contributed by atoms with Crippen molar-refractivity contribution in [3.8, 4) is 0 Å². The Morgan fingerprint density at radius 2 is 1.94 bits per heavy atom. The molecule has 2 heteroatoms. The van der Waals surface area contributed by atoms with Crippen LogP contribution in [0.1, 0.15) is 19.4 Å². The quantitative estimate of drug-likeness (QED) is 0.766. The molecule has 1 aliphatic rings. The normalized spacial score (nSPS) is 17.6. The predicted octanol–water partition coefficient (Wildman–Crippen LogP) is 2.20. The van der Waals surface area contributed by atoms with Crippen molar-refractivity contribution in [3.63, 3.8) is 0 Å². The lowest BCUT2D eigenvalue weighted by Crippen LogP contribution is -2.26. The largest absolute Gasteiger partial charge is 0.508 e. The van der Waals surface area contributed by atoms with Crippen molar-refractivity contribution < 1.29 is 9.50 Å². The first-order valence-electron chi connectivity index (χ1n) is 5.31. The summed E-state index contributed by atoms with van der Waals surface area (Å²) in [6.45, 7) is 3.56. The maximum Gasteiger partial charge on any atom is 0.115 e. The van der Waals surface area contributed by atoms with Crippen LogP contribution in [0.4, 0.5) is 4.39 Å². The molecule has 0 saturated carbocycles. The van der Waals surface area contributed by atoms with Gasteiger partial charge in [-0.1, -0.05) is 32.1 Å². The highest BCUT2D eigenvalue weighted by Crippen LogP contribution is 2.21. The van der Waals surface area contributed by atoms with E-state index in [1.807, 2.05) is 32.1 Å². The average molecular weight is 218 g/mol. The van der Waals surface area contributed by atoms with Crippen molar-refractivity contribution >= 4 is 12.2 Å². The highest BCUT2D eigenvalue weighted by Gasteiger charge is 2.13. The maximum atomic E-state index is 12.6. The molecular formula is C14H15FO. The number of allylic oxidation sites excluding steroid dienone is 2. The van der Waals surface area contributed by atoms with Gasteiger partial charge in [0.25, 0.3) is 0 Å². The molecule has 0 bridgehead atoms. The monoisotopic (exact) mass is 218 g/mol. The first kappa shape index (κ1) is 10.9. The van der Waals surface area contributed by atoms with Gasteiger partial charge in [0.2, 0.25) is 0 Å². The third kappa shape index (κ3) is 2.16. The number of rotatable bonds is 1. The third-order valence-corrected chi connectivity index (χ3v) is 2.66. The molecule has 84 valence electrons. The minimum absolute atomic E-state index is 0.221. The van der Waals surface area contributed by atoms with Gasteiger partial charge in [-0.3, -0.25) is 0 Å². The Bertz CT molecular complexity index is 553. The second kappa shape index (κ2) is 3.78. The summed E-state index contributed by atoms with van der Waals surface area (Å²) >= 11 is 0. The molecule has 1 aliphatic carbocycles. The first-order chi connectivity index (χ1) is 7.50. The van der Waals surface area contributed by atoms with Crippen LogP contribution in [0.3, 0.4) is 0 Å². The van der Waals surface area contributed by atoms with Crippen LogP contribution in [0, 0.1) is 5.41 Å². The maximum absolute atomic E-state index is 12.6. The molecule has 0 radical (unpaired) electrons. The van der Waals surface area contributed by atoms with Crippen molar-refractivity contribution in [2.24, 2.45) is 5.41 Å². The van der Waals surface area contributed by atoms with E-state index in [0.29, 0.717) is 5.56 Å². The summed E-state index contributed by atoms with van der Waals surface area (Å²) in [4.78, 5) is 0. The SMILES string of the molecule is CC1(C)C=C(O)C=c2ccc(CF)cc2=C1. The summed E-state index contributed by atoms with van der Waals surface area (Å²) in [5.74, 6) is 0.257. The van der Waals surface area contributed by atoms with Crippen LogP contribution < -0.4 is 10.4 Å². The summed E-state index contributed by atoms with van der Waals surface area (Å²) in [6.07, 6.45) is 5.55. The lowest BCUT2D eigenvalue weighted by atomic mass is 9.92. The lowest BCUT2D eigenvalue weighted by Gasteiger charge is -2.13. The molecular weight excluding hydrogens is 203 g/mol. The number of alkyl halides is 1. The number of aliphatic hydroxyl groups is 1. The van der Waals surface area contributed by atoms with Crippen molar-refractivity contribution in [2.45, 2.75) is 20.5 Å². The molecule has 0 saturated heterocycles. The van der Waals surface area contributed by atoms with E-state index in [4.69, 9.17) is 0 Å². The van der Waals surface area contributed by atoms with Crippen LogP contribution in [0.15, 0.2) is 30.0 Å². The smallest absolute Gasteiger partial charge is 0.115 e. The second-order valence-electron chi connectivity index (χ2n) is 4.78. The molecule has 0 heterocycles. The lowest BCUT2D eigenvalue weighted by molar-refractivity contribution is 0.430. The number of halogens is 1. The molecule has 1 aromatic rings. The number of aliphatic hydroxyl groups excluding tert-OH is 1. The third-order valence-electron chi connectivity index (χ3n) is 2.66. The summed E-state index contributed by atoms with van der Waals surface area (Å²) in [5, 5.41) is 11.6. The average Bonchev–Trinajstić information content (AvgIpc) is 2.29. The fourth-order valence-corrected chi connectivity index (χ4v) is 1.99. The van der Waals surface area contributed by atoms with Gasteiger partial charge in [-0.05, 0) is 34.2 Å². The van der Waals surface area contributed by atoms with Gasteiger partial charge >= 0.3 is 0 Å². The van der Waals surface area contributed by atoms with E-state index in [2.05, 4.69) is 0 Å². The van der Waals surface area contributed by atoms with Crippen molar-refractivity contribution in [3.05, 3.63) is 46.0 Å². The fourth-order valence-electron chi connectivity index (χ4n) is 1.99. The predicted molar refractivity (Wildman–Crippen MR) is 63.9 cm³/mol. The van der Waals surface area contributed by atoms with Crippen LogP contribution >= 0.6 is 0 Å². The van der Waals surface area contributed by atoms with Crippen LogP contribution in [-0.4, -0.2) is 5.11 Å². The minimum Gasteiger partial charge on any atom is -0.508 e. The number of benzene rings is 1. The number of hydrogen-bond donors (Lipinski definition) is 1. The molecule has 0 spiro atoms.